The van der Waals surface area contributed by atoms with Gasteiger partial charge in [0.1, 0.15) is 17.1 Å². The van der Waals surface area contributed by atoms with Crippen molar-refractivity contribution in [3.8, 4) is 17.1 Å². The van der Waals surface area contributed by atoms with E-state index in [4.69, 9.17) is 14.9 Å². The Balaban J connectivity index is 0.00000133. The summed E-state index contributed by atoms with van der Waals surface area (Å²) in [6, 6.07) is 5.30. The zero-order valence-corrected chi connectivity index (χ0v) is 21.8. The highest BCUT2D eigenvalue weighted by Gasteiger charge is 2.28. The van der Waals surface area contributed by atoms with Crippen LogP contribution in [0.4, 0.5) is 5.69 Å². The van der Waals surface area contributed by atoms with Gasteiger partial charge in [-0.1, -0.05) is 40.0 Å². The molecule has 2 aromatic rings. The Labute approximate surface area is 203 Å². The van der Waals surface area contributed by atoms with Crippen molar-refractivity contribution < 1.29 is 14.3 Å². The van der Waals surface area contributed by atoms with Crippen LogP contribution >= 0.6 is 0 Å². The van der Waals surface area contributed by atoms with E-state index in [2.05, 4.69) is 29.1 Å². The smallest absolute Gasteiger partial charge is 0.330 e. The van der Waals surface area contributed by atoms with Crippen LogP contribution < -0.4 is 15.6 Å². The number of nitrogens with one attached hydrogen (secondary N) is 3. The summed E-state index contributed by atoms with van der Waals surface area (Å²) in [6.45, 7) is 13.7. The highest BCUT2D eigenvalue weighted by Crippen LogP contribution is 2.32. The molecule has 0 aliphatic carbocycles. The van der Waals surface area contributed by atoms with E-state index in [1.54, 1.807) is 39.0 Å². The van der Waals surface area contributed by atoms with Crippen molar-refractivity contribution in [3.05, 3.63) is 39.8 Å². The van der Waals surface area contributed by atoms with E-state index in [1.165, 1.54) is 20.0 Å². The van der Waals surface area contributed by atoms with Gasteiger partial charge in [-0.15, -0.1) is 0 Å². The summed E-state index contributed by atoms with van der Waals surface area (Å²) in [5.74, 6) is 0.443. The minimum atomic E-state index is -0.957. The van der Waals surface area contributed by atoms with E-state index >= 15 is 0 Å². The summed E-state index contributed by atoms with van der Waals surface area (Å²) in [5.41, 5.74) is 1.06. The number of anilines is 1. The number of hydrogen-bond donors (Lipinski definition) is 3. The molecule has 8 heteroatoms. The lowest BCUT2D eigenvalue weighted by Gasteiger charge is -2.25. The predicted molar refractivity (Wildman–Crippen MR) is 138 cm³/mol. The van der Waals surface area contributed by atoms with Gasteiger partial charge in [-0.05, 0) is 52.3 Å². The van der Waals surface area contributed by atoms with Crippen LogP contribution in [0.15, 0.2) is 23.0 Å². The summed E-state index contributed by atoms with van der Waals surface area (Å²) in [4.78, 5) is 31.9. The summed E-state index contributed by atoms with van der Waals surface area (Å²) in [7, 11) is 1.34. The van der Waals surface area contributed by atoms with Crippen molar-refractivity contribution in [2.75, 3.05) is 19.0 Å². The molecule has 0 unspecified atom stereocenters. The van der Waals surface area contributed by atoms with E-state index in [0.717, 1.165) is 6.42 Å². The number of hydrogen-bond acceptors (Lipinski definition) is 7. The molecule has 0 atom stereocenters. The van der Waals surface area contributed by atoms with Gasteiger partial charge in [0.25, 0.3) is 5.56 Å². The predicted octanol–water partition coefficient (Wildman–Crippen LogP) is 5.48. The molecule has 0 amide bonds. The number of unbranched alkanes of at least 4 members (excludes halogenated alkanes) is 1. The first-order valence-corrected chi connectivity index (χ1v) is 11.9. The maximum absolute atomic E-state index is 12.5. The van der Waals surface area contributed by atoms with Crippen molar-refractivity contribution in [2.24, 2.45) is 0 Å². The minimum absolute atomic E-state index is 0.299. The third kappa shape index (κ3) is 7.71. The molecule has 0 saturated heterocycles. The molecule has 0 saturated carbocycles. The molecule has 188 valence electrons. The van der Waals surface area contributed by atoms with Crippen molar-refractivity contribution in [1.82, 2.24) is 9.97 Å². The summed E-state index contributed by atoms with van der Waals surface area (Å²) in [6.07, 6.45) is 3.96. The van der Waals surface area contributed by atoms with Gasteiger partial charge < -0.3 is 25.2 Å². The van der Waals surface area contributed by atoms with Gasteiger partial charge >= 0.3 is 5.97 Å². The third-order valence-electron chi connectivity index (χ3n) is 5.12. The third-order valence-corrected chi connectivity index (χ3v) is 5.12. The Morgan fingerprint density at radius 2 is 1.79 bits per heavy atom. The van der Waals surface area contributed by atoms with Crippen LogP contribution in [-0.4, -0.2) is 40.9 Å². The lowest BCUT2D eigenvalue weighted by molar-refractivity contribution is -0.144. The molecule has 0 fully saturated rings. The number of methoxy groups -OCH3 is 1. The lowest BCUT2D eigenvalue weighted by atomic mass is 10.0. The standard InChI is InChI=1S/C22H30N4O4.C4H10/c1-7-9-16(23)18-13(3)20(27)25-19(24-18)15-12-14(10-11-17(15)30-8-2)26-22(4,5)21(28)29-6;1-3-4-2/h10-12,23,26H,7-9H2,1-6H3,(H,24,25,27);3-4H2,1-2H3. The second kappa shape index (κ2) is 13.5. The number of carbonyl (C=O) groups excluding carboxylic acids is 1. The van der Waals surface area contributed by atoms with Crippen molar-refractivity contribution >= 4 is 17.4 Å². The van der Waals surface area contributed by atoms with Gasteiger partial charge in [-0.3, -0.25) is 4.79 Å². The Bertz CT molecular complexity index is 1030. The number of benzene rings is 1. The molecule has 0 bridgehead atoms. The first kappa shape index (κ1) is 28.9. The van der Waals surface area contributed by atoms with E-state index in [-0.39, 0.29) is 5.56 Å². The zero-order chi connectivity index (χ0) is 25.9. The Morgan fingerprint density at radius 1 is 1.15 bits per heavy atom. The quantitative estimate of drug-likeness (QED) is 0.311. The number of esters is 1. The number of H-pyrrole nitrogens is 1. The zero-order valence-electron chi connectivity index (χ0n) is 21.8. The monoisotopic (exact) mass is 472 g/mol. The topological polar surface area (TPSA) is 117 Å². The van der Waals surface area contributed by atoms with Crippen LogP contribution in [0.3, 0.4) is 0 Å². The summed E-state index contributed by atoms with van der Waals surface area (Å²) >= 11 is 0. The van der Waals surface area contributed by atoms with Gasteiger partial charge in [0.15, 0.2) is 0 Å². The van der Waals surface area contributed by atoms with Crippen LogP contribution in [0.2, 0.25) is 0 Å². The van der Waals surface area contributed by atoms with E-state index in [9.17, 15) is 9.59 Å². The molecular weight excluding hydrogens is 432 g/mol. The first-order chi connectivity index (χ1) is 16.1. The average molecular weight is 473 g/mol. The molecule has 0 radical (unpaired) electrons. The molecule has 3 N–H and O–H groups in total. The Kier molecular flexibility index (Phi) is 11.5. The number of rotatable bonds is 10. The maximum atomic E-state index is 12.5. The number of aromatic nitrogens is 2. The van der Waals surface area contributed by atoms with Gasteiger partial charge in [0.05, 0.1) is 30.7 Å². The lowest BCUT2D eigenvalue weighted by Crippen LogP contribution is -2.41. The fourth-order valence-electron chi connectivity index (χ4n) is 3.06. The Morgan fingerprint density at radius 3 is 2.32 bits per heavy atom. The van der Waals surface area contributed by atoms with E-state index in [1.807, 2.05) is 13.8 Å². The van der Waals surface area contributed by atoms with E-state index in [0.29, 0.717) is 52.8 Å². The molecular formula is C26H40N4O4. The normalized spacial score (nSPS) is 10.7. The van der Waals surface area contributed by atoms with E-state index < -0.39 is 11.5 Å². The molecule has 2 rings (SSSR count). The van der Waals surface area contributed by atoms with Crippen LogP contribution in [0, 0.1) is 12.3 Å². The molecule has 1 aromatic heterocycles. The minimum Gasteiger partial charge on any atom is -0.493 e. The highest BCUT2D eigenvalue weighted by molar-refractivity contribution is 5.98. The Hall–Kier alpha value is -3.16. The fourth-order valence-corrected chi connectivity index (χ4v) is 3.06. The number of carbonyl (C=O) groups is 1. The molecule has 0 spiro atoms. The SMILES string of the molecule is CCCC.CCCC(=N)c1nc(-c2cc(NC(C)(C)C(=O)OC)ccc2OCC)[nH]c(=O)c1C. The van der Waals surface area contributed by atoms with Gasteiger partial charge in [0, 0.05) is 11.3 Å². The van der Waals surface area contributed by atoms with Gasteiger partial charge in [-0.2, -0.15) is 0 Å². The second-order valence-corrected chi connectivity index (χ2v) is 8.50. The van der Waals surface area contributed by atoms with Gasteiger partial charge in [-0.25, -0.2) is 9.78 Å². The summed E-state index contributed by atoms with van der Waals surface area (Å²) in [5, 5.41) is 11.4. The molecule has 34 heavy (non-hydrogen) atoms. The van der Waals surface area contributed by atoms with Crippen molar-refractivity contribution in [1.29, 1.82) is 5.41 Å². The maximum Gasteiger partial charge on any atom is 0.330 e. The van der Waals surface area contributed by atoms with Gasteiger partial charge in [0.2, 0.25) is 0 Å². The summed E-state index contributed by atoms with van der Waals surface area (Å²) < 4.78 is 10.6. The largest absolute Gasteiger partial charge is 0.493 e. The second-order valence-electron chi connectivity index (χ2n) is 8.50. The number of nitrogens with zero attached hydrogens (tertiary/aromatic N) is 1. The molecule has 0 aliphatic heterocycles. The van der Waals surface area contributed by atoms with Crippen LogP contribution in [0.25, 0.3) is 11.4 Å². The van der Waals surface area contributed by atoms with Crippen LogP contribution in [-0.2, 0) is 9.53 Å². The molecule has 8 nitrogen and oxygen atoms in total. The molecule has 0 aliphatic rings. The van der Waals surface area contributed by atoms with Crippen molar-refractivity contribution in [2.45, 2.75) is 79.7 Å². The molecule has 1 heterocycles. The van der Waals surface area contributed by atoms with Crippen LogP contribution in [0.5, 0.6) is 5.75 Å². The number of ether oxygens (including phenoxy) is 2. The fraction of sp³-hybridized carbons (Fsp3) is 0.538. The molecule has 1 aromatic carbocycles. The highest BCUT2D eigenvalue weighted by atomic mass is 16.5. The number of aromatic amines is 1. The first-order valence-electron chi connectivity index (χ1n) is 11.9. The average Bonchev–Trinajstić information content (AvgIpc) is 2.81. The van der Waals surface area contributed by atoms with Crippen LogP contribution in [0.1, 0.15) is 78.5 Å². The van der Waals surface area contributed by atoms with Crippen molar-refractivity contribution in [3.63, 3.8) is 0 Å².